The summed E-state index contributed by atoms with van der Waals surface area (Å²) in [6, 6.07) is 5.28. The minimum atomic E-state index is -4.27. The first-order chi connectivity index (χ1) is 6.45. The summed E-state index contributed by atoms with van der Waals surface area (Å²) in [4.78, 5) is 0. The van der Waals surface area contributed by atoms with Gasteiger partial charge in [-0.1, -0.05) is 32.5 Å². The Labute approximate surface area is 88.1 Å². The first-order valence-corrected chi connectivity index (χ1v) is 4.32. The van der Waals surface area contributed by atoms with Crippen LogP contribution in [0.3, 0.4) is 0 Å². The third kappa shape index (κ3) is 3.55. The lowest BCUT2D eigenvalue weighted by molar-refractivity contribution is -0.137. The van der Waals surface area contributed by atoms with Crippen LogP contribution in [0.2, 0.25) is 0 Å². The zero-order valence-corrected chi connectivity index (χ0v) is 7.81. The number of benzene rings is 1. The average Bonchev–Trinajstić information content (AvgIpc) is 2.15. The number of halogens is 3. The highest BCUT2D eigenvalue weighted by Crippen LogP contribution is 2.30. The van der Waals surface area contributed by atoms with Crippen LogP contribution in [-0.4, -0.2) is 6.54 Å². The second-order valence-electron chi connectivity index (χ2n) is 3.26. The molecule has 0 aliphatic carbocycles. The Hall–Kier alpha value is -1.03. The molecule has 1 aromatic rings. The predicted molar refractivity (Wildman–Crippen MR) is 55.6 cm³/mol. The van der Waals surface area contributed by atoms with Gasteiger partial charge in [0.2, 0.25) is 0 Å². The molecular weight excluding hydrogens is 203 g/mol. The molecule has 0 aliphatic rings. The Balaban J connectivity index is 0.00000196. The maximum atomic E-state index is 12.3. The Morgan fingerprint density at radius 1 is 1.33 bits per heavy atom. The minimum absolute atomic E-state index is 0. The van der Waals surface area contributed by atoms with E-state index in [4.69, 9.17) is 5.73 Å². The van der Waals surface area contributed by atoms with E-state index in [9.17, 15) is 13.2 Å². The van der Waals surface area contributed by atoms with E-state index in [0.29, 0.717) is 12.1 Å². The highest BCUT2D eigenvalue weighted by molar-refractivity contribution is 5.28. The maximum Gasteiger partial charge on any atom is 0.416 e. The van der Waals surface area contributed by atoms with Crippen molar-refractivity contribution in [2.24, 2.45) is 5.73 Å². The second-order valence-corrected chi connectivity index (χ2v) is 3.26. The Kier molecular flexibility index (Phi) is 4.81. The van der Waals surface area contributed by atoms with Gasteiger partial charge in [0.15, 0.2) is 0 Å². The van der Waals surface area contributed by atoms with Gasteiger partial charge in [0.25, 0.3) is 0 Å². The van der Waals surface area contributed by atoms with Crippen molar-refractivity contribution in [3.63, 3.8) is 0 Å². The van der Waals surface area contributed by atoms with Crippen LogP contribution in [0.1, 0.15) is 31.4 Å². The molecule has 4 heteroatoms. The molecule has 0 aliphatic heterocycles. The summed E-state index contributed by atoms with van der Waals surface area (Å²) in [6.45, 7) is 2.15. The van der Waals surface area contributed by atoms with Crippen LogP contribution < -0.4 is 5.73 Å². The summed E-state index contributed by atoms with van der Waals surface area (Å²) >= 11 is 0. The molecule has 1 aromatic carbocycles. The Bertz CT molecular complexity index is 307. The molecule has 0 spiro atoms. The molecule has 15 heavy (non-hydrogen) atoms. The molecule has 1 rings (SSSR count). The third-order valence-corrected chi connectivity index (χ3v) is 2.14. The van der Waals surface area contributed by atoms with Crippen LogP contribution >= 0.6 is 0 Å². The zero-order valence-electron chi connectivity index (χ0n) is 7.81. The van der Waals surface area contributed by atoms with Gasteiger partial charge in [0.05, 0.1) is 5.56 Å². The number of rotatable bonds is 2. The van der Waals surface area contributed by atoms with Crippen LogP contribution in [0.15, 0.2) is 24.3 Å². The van der Waals surface area contributed by atoms with E-state index in [1.165, 1.54) is 6.07 Å². The van der Waals surface area contributed by atoms with Crippen molar-refractivity contribution in [3.05, 3.63) is 35.4 Å². The lowest BCUT2D eigenvalue weighted by Crippen LogP contribution is -2.11. The molecule has 0 aromatic heterocycles. The van der Waals surface area contributed by atoms with E-state index in [1.807, 2.05) is 0 Å². The van der Waals surface area contributed by atoms with Gasteiger partial charge in [-0.05, 0) is 24.1 Å². The molecule has 0 radical (unpaired) electrons. The molecule has 0 amide bonds. The monoisotopic (exact) mass is 219 g/mol. The topological polar surface area (TPSA) is 26.0 Å². The maximum absolute atomic E-state index is 12.3. The number of nitrogens with two attached hydrogens (primary N) is 1. The lowest BCUT2D eigenvalue weighted by atomic mass is 9.99. The molecule has 0 fully saturated rings. The van der Waals surface area contributed by atoms with E-state index in [1.54, 1.807) is 13.0 Å². The van der Waals surface area contributed by atoms with Crippen molar-refractivity contribution in [1.82, 2.24) is 0 Å². The van der Waals surface area contributed by atoms with Crippen molar-refractivity contribution < 1.29 is 13.2 Å². The molecule has 86 valence electrons. The smallest absolute Gasteiger partial charge is 0.330 e. The largest absolute Gasteiger partial charge is 0.416 e. The van der Waals surface area contributed by atoms with Crippen molar-refractivity contribution in [1.29, 1.82) is 0 Å². The van der Waals surface area contributed by atoms with Gasteiger partial charge in [0.1, 0.15) is 0 Å². The normalized spacial score (nSPS) is 13.1. The van der Waals surface area contributed by atoms with Gasteiger partial charge in [-0.25, -0.2) is 0 Å². The fourth-order valence-electron chi connectivity index (χ4n) is 1.16. The van der Waals surface area contributed by atoms with E-state index in [2.05, 4.69) is 0 Å². The zero-order chi connectivity index (χ0) is 10.8. The summed E-state index contributed by atoms with van der Waals surface area (Å²) in [5, 5.41) is 0. The first-order valence-electron chi connectivity index (χ1n) is 4.32. The predicted octanol–water partition coefficient (Wildman–Crippen LogP) is 3.40. The molecule has 0 saturated carbocycles. The number of alkyl halides is 3. The van der Waals surface area contributed by atoms with Crippen LogP contribution in [-0.2, 0) is 6.18 Å². The van der Waals surface area contributed by atoms with Crippen LogP contribution in [0.4, 0.5) is 13.2 Å². The van der Waals surface area contributed by atoms with E-state index in [-0.39, 0.29) is 13.3 Å². The molecule has 1 nitrogen and oxygen atoms in total. The second kappa shape index (κ2) is 5.16. The molecule has 1 unspecified atom stereocenters. The van der Waals surface area contributed by atoms with Gasteiger partial charge in [-0.15, -0.1) is 0 Å². The highest BCUT2D eigenvalue weighted by Gasteiger charge is 2.30. The summed E-state index contributed by atoms with van der Waals surface area (Å²) in [6.07, 6.45) is -4.27. The number of hydrogen-bond acceptors (Lipinski definition) is 1. The van der Waals surface area contributed by atoms with Gasteiger partial charge in [0, 0.05) is 0 Å². The number of hydrogen-bond donors (Lipinski definition) is 1. The van der Waals surface area contributed by atoms with E-state index < -0.39 is 11.7 Å². The summed E-state index contributed by atoms with van der Waals surface area (Å²) < 4.78 is 36.9. The molecule has 2 N–H and O–H groups in total. The molecular formula is C11H16F3N. The van der Waals surface area contributed by atoms with Gasteiger partial charge in [-0.3, -0.25) is 0 Å². The third-order valence-electron chi connectivity index (χ3n) is 2.14. The lowest BCUT2D eigenvalue weighted by Gasteiger charge is -2.12. The quantitative estimate of drug-likeness (QED) is 0.810. The Morgan fingerprint density at radius 3 is 2.40 bits per heavy atom. The van der Waals surface area contributed by atoms with Crippen molar-refractivity contribution >= 4 is 0 Å². The SMILES string of the molecule is C.CC(CN)c1cccc(C(F)(F)F)c1. The molecule has 0 bridgehead atoms. The van der Waals surface area contributed by atoms with Crippen molar-refractivity contribution in [2.45, 2.75) is 26.4 Å². The highest BCUT2D eigenvalue weighted by atomic mass is 19.4. The molecule has 0 heterocycles. The first kappa shape index (κ1) is 14.0. The summed E-state index contributed by atoms with van der Waals surface area (Å²) in [5.41, 5.74) is 5.39. The molecule has 1 atom stereocenters. The fourth-order valence-corrected chi connectivity index (χ4v) is 1.16. The van der Waals surface area contributed by atoms with Gasteiger partial charge < -0.3 is 5.73 Å². The van der Waals surface area contributed by atoms with Gasteiger partial charge in [-0.2, -0.15) is 13.2 Å². The van der Waals surface area contributed by atoms with E-state index >= 15 is 0 Å². The van der Waals surface area contributed by atoms with Crippen molar-refractivity contribution in [2.75, 3.05) is 6.54 Å². The van der Waals surface area contributed by atoms with Crippen molar-refractivity contribution in [3.8, 4) is 0 Å². The minimum Gasteiger partial charge on any atom is -0.330 e. The van der Waals surface area contributed by atoms with Crippen LogP contribution in [0.5, 0.6) is 0 Å². The van der Waals surface area contributed by atoms with E-state index in [0.717, 1.165) is 12.1 Å². The summed E-state index contributed by atoms with van der Waals surface area (Å²) in [7, 11) is 0. The average molecular weight is 219 g/mol. The standard InChI is InChI=1S/C10H12F3N.CH4/c1-7(6-14)8-3-2-4-9(5-8)10(11,12)13;/h2-5,7H,6,14H2,1H3;1H4. The fraction of sp³-hybridized carbons (Fsp3) is 0.455. The molecule has 0 saturated heterocycles. The summed E-state index contributed by atoms with van der Waals surface area (Å²) in [5.74, 6) is -0.0442. The Morgan fingerprint density at radius 2 is 1.93 bits per heavy atom. The van der Waals surface area contributed by atoms with Gasteiger partial charge >= 0.3 is 6.18 Å². The van der Waals surface area contributed by atoms with Crippen LogP contribution in [0.25, 0.3) is 0 Å². The van der Waals surface area contributed by atoms with Crippen LogP contribution in [0, 0.1) is 0 Å².